The second kappa shape index (κ2) is 16.1. The highest BCUT2D eigenvalue weighted by atomic mass is 33.1. The van der Waals surface area contributed by atoms with Gasteiger partial charge in [0.2, 0.25) is 0 Å². The highest BCUT2D eigenvalue weighted by Crippen LogP contribution is 2.79. The van der Waals surface area contributed by atoms with Crippen LogP contribution in [-0.2, 0) is 47.6 Å². The topological polar surface area (TPSA) is 157 Å². The molecule has 2 unspecified atom stereocenters. The average Bonchev–Trinajstić information content (AvgIpc) is 3.98. The minimum Gasteiger partial charge on any atom is -0.464 e. The van der Waals surface area contributed by atoms with Crippen LogP contribution < -0.4 is 0 Å². The molecule has 10 atom stereocenters. The Labute approximate surface area is 333 Å². The fraction of sp³-hybridized carbons (Fsp3) is 0.850. The number of aliphatic hydroxyl groups is 1. The molecule has 15 heteroatoms. The van der Waals surface area contributed by atoms with E-state index >= 15 is 0 Å². The normalized spacial score (nSPS) is 39.0. The number of ether oxygens (including phenoxy) is 6. The summed E-state index contributed by atoms with van der Waals surface area (Å²) >= 11 is 0. The third-order valence-corrected chi connectivity index (χ3v) is 17.1. The van der Waals surface area contributed by atoms with Gasteiger partial charge in [-0.2, -0.15) is 0 Å². The summed E-state index contributed by atoms with van der Waals surface area (Å²) in [6, 6.07) is 0. The van der Waals surface area contributed by atoms with E-state index in [1.54, 1.807) is 0 Å². The molecule has 8 rings (SSSR count). The smallest absolute Gasteiger partial charge is 0.334 e. The molecule has 8 aliphatic rings. The minimum absolute atomic E-state index is 0. The van der Waals surface area contributed by atoms with Crippen molar-refractivity contribution in [3.05, 3.63) is 11.1 Å². The van der Waals surface area contributed by atoms with E-state index < -0.39 is 52.8 Å². The van der Waals surface area contributed by atoms with E-state index in [9.17, 15) is 24.3 Å². The molecule has 2 spiro atoms. The molecule has 0 aromatic carbocycles. The molecule has 1 N–H and O–H groups in total. The lowest BCUT2D eigenvalue weighted by atomic mass is 9.46. The summed E-state index contributed by atoms with van der Waals surface area (Å²) in [5.41, 5.74) is -0.335. The van der Waals surface area contributed by atoms with Gasteiger partial charge in [-0.25, -0.2) is 4.79 Å². The molecule has 2 saturated carbocycles. The molecule has 0 aromatic rings. The van der Waals surface area contributed by atoms with Crippen LogP contribution in [0, 0.1) is 23.2 Å². The fourth-order valence-electron chi connectivity index (χ4n) is 11.1. The van der Waals surface area contributed by atoms with Gasteiger partial charge in [-0.3, -0.25) is 24.2 Å². The van der Waals surface area contributed by atoms with Crippen LogP contribution in [0.3, 0.4) is 0 Å². The summed E-state index contributed by atoms with van der Waals surface area (Å²) in [6.07, 6.45) is 4.40. The molecular weight excluding hydrogens is 749 g/mol. The van der Waals surface area contributed by atoms with Crippen LogP contribution in [0.5, 0.6) is 0 Å². The zero-order chi connectivity index (χ0) is 38.5. The third kappa shape index (κ3) is 7.28. The standard InChI is InChI=1S/C40H58N2O11S2.H2/c1-24(2)33-34(46)36-40(53-36)38(3)12-10-26-27(23-50-37(26)47)28(38)22-29-39(40,52-29)35(33)51-32(45)9-8-31(44)49-20-18-42-15-13-41(14-16-42)17-19-48-30(43)7-5-4-6-25-11-21-54-55-25;/h24-25,28-29,33-36,46H,4-23H2,1-3H3;1H/t25?,28?,29-,33+,34+,35+,36-,38-,39+,40+;/m0./s1. The highest BCUT2D eigenvalue weighted by molar-refractivity contribution is 8.77. The van der Waals surface area contributed by atoms with Gasteiger partial charge in [0.15, 0.2) is 5.60 Å². The molecule has 0 bridgehead atoms. The van der Waals surface area contributed by atoms with Gasteiger partial charge in [0.1, 0.15) is 37.6 Å². The van der Waals surface area contributed by atoms with Gasteiger partial charge in [-0.1, -0.05) is 48.8 Å². The number of hydrogen-bond donors (Lipinski definition) is 1. The Balaban J connectivity index is 0.00000480. The summed E-state index contributed by atoms with van der Waals surface area (Å²) in [4.78, 5) is 55.3. The van der Waals surface area contributed by atoms with Crippen molar-refractivity contribution in [2.45, 2.75) is 126 Å². The van der Waals surface area contributed by atoms with E-state index in [0.29, 0.717) is 38.8 Å². The minimum atomic E-state index is -0.879. The lowest BCUT2D eigenvalue weighted by Crippen LogP contribution is -2.70. The maximum absolute atomic E-state index is 13.4. The van der Waals surface area contributed by atoms with Crippen molar-refractivity contribution in [1.82, 2.24) is 9.80 Å². The number of hydrogen-bond acceptors (Lipinski definition) is 15. The van der Waals surface area contributed by atoms with E-state index in [4.69, 9.17) is 28.4 Å². The Bertz CT molecular complexity index is 1540. The van der Waals surface area contributed by atoms with Crippen LogP contribution in [0.25, 0.3) is 0 Å². The fourth-order valence-corrected chi connectivity index (χ4v) is 14.1. The maximum Gasteiger partial charge on any atom is 0.334 e. The first-order chi connectivity index (χ1) is 26.5. The molecule has 308 valence electrons. The Morgan fingerprint density at radius 3 is 2.35 bits per heavy atom. The number of fused-ring (bicyclic) bond motifs is 2. The molecule has 5 heterocycles. The average molecular weight is 809 g/mol. The second-order valence-corrected chi connectivity index (χ2v) is 20.2. The first-order valence-electron chi connectivity index (χ1n) is 20.6. The van der Waals surface area contributed by atoms with Gasteiger partial charge in [0, 0.05) is 75.0 Å². The van der Waals surface area contributed by atoms with Crippen LogP contribution in [0.2, 0.25) is 0 Å². The zero-order valence-electron chi connectivity index (χ0n) is 32.5. The van der Waals surface area contributed by atoms with Crippen LogP contribution in [0.15, 0.2) is 11.1 Å². The Morgan fingerprint density at radius 1 is 0.982 bits per heavy atom. The SMILES string of the molecule is CC(C)[C@@H]1[C@@H](O)[C@@H]2O[C@]23[C@]2(O[C@H]2CC2C4=C(CC[C@@]23C)C(=O)OC4)[C@@H]1OC(=O)CCC(=O)OCCN1CCN(CCOC(=O)CCCCC2CCSS2)CC1.[HH]. The maximum atomic E-state index is 13.4. The van der Waals surface area contributed by atoms with E-state index in [0.717, 1.165) is 62.0 Å². The van der Waals surface area contributed by atoms with Crippen LogP contribution in [-0.4, -0.2) is 144 Å². The lowest BCUT2D eigenvalue weighted by Gasteiger charge is -2.55. The van der Waals surface area contributed by atoms with Crippen LogP contribution in [0.1, 0.15) is 86.4 Å². The molecule has 0 aromatic heterocycles. The molecular formula is C40H60N2O11S2. The van der Waals surface area contributed by atoms with Crippen molar-refractivity contribution in [1.29, 1.82) is 0 Å². The third-order valence-electron chi connectivity index (χ3n) is 14.1. The molecule has 3 aliphatic carbocycles. The van der Waals surface area contributed by atoms with Crippen molar-refractivity contribution >= 4 is 45.5 Å². The van der Waals surface area contributed by atoms with Gasteiger partial charge in [0.25, 0.3) is 0 Å². The van der Waals surface area contributed by atoms with Crippen LogP contribution >= 0.6 is 21.6 Å². The number of piperazine rings is 1. The molecule has 6 fully saturated rings. The Hall–Kier alpha value is -1.88. The number of esters is 4. The van der Waals surface area contributed by atoms with Crippen molar-refractivity contribution in [3.8, 4) is 0 Å². The lowest BCUT2D eigenvalue weighted by molar-refractivity contribution is -0.178. The van der Waals surface area contributed by atoms with Gasteiger partial charge < -0.3 is 33.5 Å². The van der Waals surface area contributed by atoms with Crippen LogP contribution in [0.4, 0.5) is 0 Å². The largest absolute Gasteiger partial charge is 0.464 e. The van der Waals surface area contributed by atoms with Gasteiger partial charge in [-0.05, 0) is 55.9 Å². The number of carbonyl (C=O) groups is 4. The van der Waals surface area contributed by atoms with Gasteiger partial charge in [0.05, 0.1) is 25.0 Å². The highest BCUT2D eigenvalue weighted by Gasteiger charge is 2.95. The van der Waals surface area contributed by atoms with E-state index in [1.165, 1.54) is 18.6 Å². The number of epoxide rings is 2. The molecule has 4 saturated heterocycles. The Kier molecular flexibility index (Phi) is 11.7. The van der Waals surface area contributed by atoms with E-state index in [2.05, 4.69) is 16.7 Å². The van der Waals surface area contributed by atoms with Crippen molar-refractivity contribution in [2.75, 3.05) is 64.8 Å². The Morgan fingerprint density at radius 2 is 1.67 bits per heavy atom. The monoisotopic (exact) mass is 808 g/mol. The van der Waals surface area contributed by atoms with Gasteiger partial charge in [-0.15, -0.1) is 0 Å². The number of rotatable bonds is 16. The number of aliphatic hydroxyl groups excluding tert-OH is 1. The van der Waals surface area contributed by atoms with Crippen molar-refractivity contribution in [3.63, 3.8) is 0 Å². The summed E-state index contributed by atoms with van der Waals surface area (Å²) in [6.45, 7) is 11.8. The van der Waals surface area contributed by atoms with Crippen molar-refractivity contribution in [2.24, 2.45) is 23.2 Å². The van der Waals surface area contributed by atoms with E-state index in [1.807, 2.05) is 35.4 Å². The van der Waals surface area contributed by atoms with E-state index in [-0.39, 0.29) is 57.4 Å². The van der Waals surface area contributed by atoms with Gasteiger partial charge >= 0.3 is 23.9 Å². The summed E-state index contributed by atoms with van der Waals surface area (Å²) in [5, 5.41) is 12.5. The predicted molar refractivity (Wildman–Crippen MR) is 206 cm³/mol. The predicted octanol–water partition coefficient (Wildman–Crippen LogP) is 3.94. The number of nitrogens with zero attached hydrogens (tertiary/aromatic N) is 2. The molecule has 0 amide bonds. The number of unbranched alkanes of at least 4 members (excludes halogenated alkanes) is 1. The first-order valence-corrected chi connectivity index (χ1v) is 23.0. The number of cyclic esters (lactones) is 1. The summed E-state index contributed by atoms with van der Waals surface area (Å²) in [7, 11) is 3.94. The quantitative estimate of drug-likeness (QED) is 0.0786. The number of carbonyl (C=O) groups excluding carboxylic acids is 4. The first kappa shape index (κ1) is 39.9. The van der Waals surface area contributed by atoms with Crippen molar-refractivity contribution < 1.29 is 54.1 Å². The summed E-state index contributed by atoms with van der Waals surface area (Å²) < 4.78 is 35.9. The zero-order valence-corrected chi connectivity index (χ0v) is 34.1. The molecule has 5 aliphatic heterocycles. The summed E-state index contributed by atoms with van der Waals surface area (Å²) in [5.74, 6) is -0.461. The second-order valence-electron chi connectivity index (χ2n) is 17.4. The molecule has 55 heavy (non-hydrogen) atoms. The molecule has 13 nitrogen and oxygen atoms in total. The molecule has 0 radical (unpaired) electrons.